The lowest BCUT2D eigenvalue weighted by Crippen LogP contribution is -2.49. The summed E-state index contributed by atoms with van der Waals surface area (Å²) in [6.45, 7) is 0.812. The molecular weight excluding hydrogens is 491 g/mol. The molecule has 1 saturated heterocycles. The first-order valence-electron chi connectivity index (χ1n) is 10.3. The number of alkyl halides is 3. The monoisotopic (exact) mass is 513 g/mol. The predicted octanol–water partition coefficient (Wildman–Crippen LogP) is 2.64. The Balaban J connectivity index is 1.50. The van der Waals surface area contributed by atoms with Gasteiger partial charge in [0.1, 0.15) is 11.6 Å². The second kappa shape index (κ2) is 9.26. The molecule has 0 amide bonds. The highest BCUT2D eigenvalue weighted by molar-refractivity contribution is 7.89. The van der Waals surface area contributed by atoms with Gasteiger partial charge in [-0.05, 0) is 30.3 Å². The van der Waals surface area contributed by atoms with Crippen LogP contribution in [0.3, 0.4) is 0 Å². The van der Waals surface area contributed by atoms with Gasteiger partial charge in [-0.3, -0.25) is 0 Å². The van der Waals surface area contributed by atoms with Crippen LogP contribution in [0.15, 0.2) is 41.3 Å². The van der Waals surface area contributed by atoms with Gasteiger partial charge in [-0.15, -0.1) is 13.2 Å². The first-order chi connectivity index (χ1) is 16.5. The van der Waals surface area contributed by atoms with E-state index in [4.69, 9.17) is 15.2 Å². The van der Waals surface area contributed by atoms with E-state index in [1.54, 1.807) is 17.0 Å². The fourth-order valence-corrected chi connectivity index (χ4v) is 5.12. The van der Waals surface area contributed by atoms with Gasteiger partial charge in [-0.25, -0.2) is 13.4 Å². The number of rotatable bonds is 6. The molecule has 10 nitrogen and oxygen atoms in total. The van der Waals surface area contributed by atoms with Crippen LogP contribution in [-0.4, -0.2) is 69.5 Å². The number of nitrogen functional groups attached to an aromatic ring is 1. The Morgan fingerprint density at radius 1 is 0.943 bits per heavy atom. The van der Waals surface area contributed by atoms with Crippen molar-refractivity contribution in [3.05, 3.63) is 36.4 Å². The number of anilines is 2. The number of nitrogens with zero attached hydrogens (tertiary/aromatic N) is 4. The standard InChI is InChI=1S/C21H22F3N5O5S/c1-32-17-11-15-16(12-18(17)33-2)26-20(27-19(15)25)28-7-9-29(10-8-28)35(30,31)14-5-3-13(4-6-14)34-21(22,23)24/h3-6,11-12H,7-10H2,1-2H3,(H2,25,26,27). The summed E-state index contributed by atoms with van der Waals surface area (Å²) in [7, 11) is -0.901. The molecule has 1 aromatic heterocycles. The van der Waals surface area contributed by atoms with Crippen LogP contribution < -0.4 is 24.8 Å². The zero-order valence-corrected chi connectivity index (χ0v) is 19.6. The van der Waals surface area contributed by atoms with Gasteiger partial charge in [-0.2, -0.15) is 9.29 Å². The molecule has 0 radical (unpaired) electrons. The van der Waals surface area contributed by atoms with Gasteiger partial charge in [-0.1, -0.05) is 0 Å². The lowest BCUT2D eigenvalue weighted by Gasteiger charge is -2.34. The quantitative estimate of drug-likeness (QED) is 0.530. The number of nitrogens with two attached hydrogens (primary N) is 1. The van der Waals surface area contributed by atoms with Crippen molar-refractivity contribution < 1.29 is 35.8 Å². The summed E-state index contributed by atoms with van der Waals surface area (Å²) in [5.41, 5.74) is 6.68. The van der Waals surface area contributed by atoms with E-state index in [9.17, 15) is 21.6 Å². The molecule has 2 N–H and O–H groups in total. The Morgan fingerprint density at radius 2 is 1.54 bits per heavy atom. The minimum atomic E-state index is -4.86. The highest BCUT2D eigenvalue weighted by atomic mass is 32.2. The van der Waals surface area contributed by atoms with Gasteiger partial charge in [0.15, 0.2) is 11.5 Å². The predicted molar refractivity (Wildman–Crippen MR) is 121 cm³/mol. The third-order valence-electron chi connectivity index (χ3n) is 5.44. The normalized spacial score (nSPS) is 15.3. The largest absolute Gasteiger partial charge is 0.573 e. The lowest BCUT2D eigenvalue weighted by molar-refractivity contribution is -0.274. The second-order valence-electron chi connectivity index (χ2n) is 7.54. The summed E-state index contributed by atoms with van der Waals surface area (Å²) in [5, 5.41) is 0.588. The molecule has 0 saturated carbocycles. The number of aromatic nitrogens is 2. The average molecular weight is 513 g/mol. The SMILES string of the molecule is COc1cc2nc(N3CCN(S(=O)(=O)c4ccc(OC(F)(F)F)cc4)CC3)nc(N)c2cc1OC. The van der Waals surface area contributed by atoms with Crippen LogP contribution in [0.2, 0.25) is 0 Å². The Morgan fingerprint density at radius 3 is 2.11 bits per heavy atom. The molecule has 2 heterocycles. The minimum absolute atomic E-state index is 0.121. The van der Waals surface area contributed by atoms with E-state index in [1.165, 1.54) is 18.5 Å². The van der Waals surface area contributed by atoms with Crippen LogP contribution in [0.4, 0.5) is 24.9 Å². The van der Waals surface area contributed by atoms with E-state index in [0.717, 1.165) is 24.3 Å². The molecule has 3 aromatic rings. The number of hydrogen-bond acceptors (Lipinski definition) is 9. The molecule has 0 atom stereocenters. The Labute approximate surface area is 199 Å². The van der Waals surface area contributed by atoms with Crippen LogP contribution >= 0.6 is 0 Å². The number of ether oxygens (including phenoxy) is 3. The van der Waals surface area contributed by atoms with E-state index in [-0.39, 0.29) is 36.9 Å². The number of fused-ring (bicyclic) bond motifs is 1. The highest BCUT2D eigenvalue weighted by Crippen LogP contribution is 2.34. The van der Waals surface area contributed by atoms with Crippen LogP contribution in [0, 0.1) is 0 Å². The van der Waals surface area contributed by atoms with Gasteiger partial charge < -0.3 is 24.8 Å². The minimum Gasteiger partial charge on any atom is -0.493 e. The van der Waals surface area contributed by atoms with E-state index >= 15 is 0 Å². The molecule has 14 heteroatoms. The average Bonchev–Trinajstić information content (AvgIpc) is 2.82. The topological polar surface area (TPSA) is 120 Å². The van der Waals surface area contributed by atoms with Crippen molar-refractivity contribution in [1.82, 2.24) is 14.3 Å². The summed E-state index contributed by atoms with van der Waals surface area (Å²) in [5.74, 6) is 1.04. The fourth-order valence-electron chi connectivity index (χ4n) is 3.70. The lowest BCUT2D eigenvalue weighted by atomic mass is 10.2. The zero-order chi connectivity index (χ0) is 25.4. The van der Waals surface area contributed by atoms with Crippen molar-refractivity contribution in [3.8, 4) is 17.2 Å². The van der Waals surface area contributed by atoms with Crippen LogP contribution in [0.5, 0.6) is 17.2 Å². The molecule has 1 aliphatic rings. The van der Waals surface area contributed by atoms with Gasteiger partial charge in [0.05, 0.1) is 24.6 Å². The van der Waals surface area contributed by atoms with Crippen LogP contribution in [0.25, 0.3) is 10.9 Å². The smallest absolute Gasteiger partial charge is 0.493 e. The second-order valence-corrected chi connectivity index (χ2v) is 9.48. The number of halogens is 3. The molecule has 1 fully saturated rings. The Kier molecular flexibility index (Phi) is 6.51. The maximum absolute atomic E-state index is 13.0. The first kappa shape index (κ1) is 24.6. The van der Waals surface area contributed by atoms with E-state index in [0.29, 0.717) is 28.4 Å². The summed E-state index contributed by atoms with van der Waals surface area (Å²) in [6.07, 6.45) is -4.86. The molecule has 35 heavy (non-hydrogen) atoms. The van der Waals surface area contributed by atoms with Crippen LogP contribution in [0.1, 0.15) is 0 Å². The van der Waals surface area contributed by atoms with E-state index in [2.05, 4.69) is 14.7 Å². The number of sulfonamides is 1. The fraction of sp³-hybridized carbons (Fsp3) is 0.333. The molecule has 188 valence electrons. The number of piperazine rings is 1. The van der Waals surface area contributed by atoms with Crippen LogP contribution in [-0.2, 0) is 10.0 Å². The highest BCUT2D eigenvalue weighted by Gasteiger charge is 2.32. The Bertz CT molecular complexity index is 1330. The van der Waals surface area contributed by atoms with Crippen molar-refractivity contribution in [3.63, 3.8) is 0 Å². The summed E-state index contributed by atoms with van der Waals surface area (Å²) in [4.78, 5) is 10.6. The molecule has 0 spiro atoms. The number of benzene rings is 2. The van der Waals surface area contributed by atoms with Crippen molar-refractivity contribution in [2.75, 3.05) is 51.0 Å². The number of hydrogen-bond donors (Lipinski definition) is 1. The molecule has 0 bridgehead atoms. The van der Waals surface area contributed by atoms with Crippen molar-refractivity contribution in [2.45, 2.75) is 11.3 Å². The third-order valence-corrected chi connectivity index (χ3v) is 7.35. The Hall–Kier alpha value is -3.52. The number of methoxy groups -OCH3 is 2. The summed E-state index contributed by atoms with van der Waals surface area (Å²) >= 11 is 0. The summed E-state index contributed by atoms with van der Waals surface area (Å²) < 4.78 is 78.6. The van der Waals surface area contributed by atoms with Gasteiger partial charge in [0.25, 0.3) is 0 Å². The van der Waals surface area contributed by atoms with Gasteiger partial charge in [0, 0.05) is 37.6 Å². The molecule has 0 unspecified atom stereocenters. The van der Waals surface area contributed by atoms with Gasteiger partial charge in [0.2, 0.25) is 16.0 Å². The molecular formula is C21H22F3N5O5S. The van der Waals surface area contributed by atoms with E-state index < -0.39 is 22.1 Å². The van der Waals surface area contributed by atoms with E-state index in [1.807, 2.05) is 0 Å². The van der Waals surface area contributed by atoms with Crippen molar-refractivity contribution in [1.29, 1.82) is 0 Å². The van der Waals surface area contributed by atoms with Crippen molar-refractivity contribution >= 4 is 32.7 Å². The van der Waals surface area contributed by atoms with Crippen molar-refractivity contribution in [2.24, 2.45) is 0 Å². The third kappa shape index (κ3) is 5.12. The maximum atomic E-state index is 13.0. The first-order valence-corrected chi connectivity index (χ1v) is 11.8. The maximum Gasteiger partial charge on any atom is 0.573 e. The zero-order valence-electron chi connectivity index (χ0n) is 18.7. The van der Waals surface area contributed by atoms with Gasteiger partial charge >= 0.3 is 6.36 Å². The molecule has 2 aromatic carbocycles. The summed E-state index contributed by atoms with van der Waals surface area (Å²) in [6, 6.07) is 7.46. The molecule has 0 aliphatic carbocycles. The molecule has 1 aliphatic heterocycles. The molecule has 4 rings (SSSR count).